The Kier molecular flexibility index (Phi) is 9.95. The lowest BCUT2D eigenvalue weighted by molar-refractivity contribution is 0.242. The molecule has 18 heavy (non-hydrogen) atoms. The van der Waals surface area contributed by atoms with Crippen LogP contribution in [0, 0.1) is 0 Å². The molecule has 0 N–H and O–H groups in total. The van der Waals surface area contributed by atoms with Gasteiger partial charge in [0, 0.05) is 14.2 Å². The molecule has 0 spiro atoms. The van der Waals surface area contributed by atoms with E-state index >= 15 is 0 Å². The van der Waals surface area contributed by atoms with Crippen LogP contribution in [0.15, 0.2) is 0 Å². The lowest BCUT2D eigenvalue weighted by atomic mass is 10.3. The molecular weight excluding hydrogens is 244 g/mol. The van der Waals surface area contributed by atoms with Crippen LogP contribution in [0.25, 0.3) is 0 Å². The lowest BCUT2D eigenvalue weighted by Crippen LogP contribution is -2.37. The fraction of sp³-hybridized carbons (Fsp3) is 1.00. The predicted octanol–water partition coefficient (Wildman–Crippen LogP) is 2.01. The van der Waals surface area contributed by atoms with E-state index in [-0.39, 0.29) is 0 Å². The van der Waals surface area contributed by atoms with E-state index in [0.29, 0.717) is 0 Å². The molecule has 0 atom stereocenters. The first-order valence-corrected chi connectivity index (χ1v) is 9.47. The maximum Gasteiger partial charge on any atom is 0.334 e. The molecule has 0 aromatic carbocycles. The highest BCUT2D eigenvalue weighted by Crippen LogP contribution is 2.13. The first-order chi connectivity index (χ1) is 8.47. The zero-order chi connectivity index (χ0) is 14.0. The molecule has 0 radical (unpaired) electrons. The van der Waals surface area contributed by atoms with E-state index in [2.05, 4.69) is 37.4 Å². The quantitative estimate of drug-likeness (QED) is 0.539. The summed E-state index contributed by atoms with van der Waals surface area (Å²) in [7, 11) is 6.05. The van der Waals surface area contributed by atoms with Crippen LogP contribution in [0.1, 0.15) is 19.8 Å². The van der Waals surface area contributed by atoms with Crippen LogP contribution in [-0.4, -0.2) is 72.9 Å². The minimum atomic E-state index is -1.85. The zero-order valence-corrected chi connectivity index (χ0v) is 14.2. The number of nitrogens with zero attached hydrogens (tertiary/aromatic N) is 2. The van der Waals surface area contributed by atoms with E-state index in [1.165, 1.54) is 19.5 Å². The van der Waals surface area contributed by atoms with Crippen LogP contribution in [0.5, 0.6) is 0 Å². The predicted molar refractivity (Wildman–Crippen MR) is 80.3 cm³/mol. The third-order valence-electron chi connectivity index (χ3n) is 3.65. The van der Waals surface area contributed by atoms with Gasteiger partial charge in [-0.25, -0.2) is 0 Å². The average Bonchev–Trinajstić information content (AvgIpc) is 2.38. The van der Waals surface area contributed by atoms with Crippen LogP contribution in [-0.2, 0) is 8.85 Å². The Labute approximate surface area is 114 Å². The van der Waals surface area contributed by atoms with Gasteiger partial charge in [0.15, 0.2) is 0 Å². The van der Waals surface area contributed by atoms with Gasteiger partial charge in [0.1, 0.15) is 0 Å². The van der Waals surface area contributed by atoms with Gasteiger partial charge in [0.05, 0.1) is 0 Å². The van der Waals surface area contributed by atoms with Crippen molar-refractivity contribution in [2.75, 3.05) is 54.5 Å². The molecule has 0 amide bonds. The van der Waals surface area contributed by atoms with Crippen LogP contribution in [0.4, 0.5) is 0 Å². The summed E-state index contributed by atoms with van der Waals surface area (Å²) in [6.45, 7) is 8.94. The Bertz CT molecular complexity index is 201. The first-order valence-electron chi connectivity index (χ1n) is 6.94. The third kappa shape index (κ3) is 8.21. The minimum Gasteiger partial charge on any atom is -0.398 e. The van der Waals surface area contributed by atoms with E-state index in [4.69, 9.17) is 8.85 Å². The van der Waals surface area contributed by atoms with E-state index in [1.54, 1.807) is 14.2 Å². The minimum absolute atomic E-state index is 1.07. The van der Waals surface area contributed by atoms with Gasteiger partial charge in [0.2, 0.25) is 0 Å². The summed E-state index contributed by atoms with van der Waals surface area (Å²) in [4.78, 5) is 4.76. The molecule has 0 fully saturated rings. The Morgan fingerprint density at radius 1 is 0.889 bits per heavy atom. The molecule has 0 saturated heterocycles. The highest BCUT2D eigenvalue weighted by molar-refractivity contribution is 6.65. The van der Waals surface area contributed by atoms with Gasteiger partial charge in [-0.05, 0) is 65.7 Å². The van der Waals surface area contributed by atoms with E-state index in [1.807, 2.05) is 0 Å². The molecule has 0 saturated carbocycles. The maximum absolute atomic E-state index is 5.49. The van der Waals surface area contributed by atoms with Crippen molar-refractivity contribution in [3.8, 4) is 0 Å². The van der Waals surface area contributed by atoms with E-state index in [9.17, 15) is 0 Å². The molecular formula is C13H32N2O2Si. The van der Waals surface area contributed by atoms with Crippen molar-refractivity contribution in [3.05, 3.63) is 0 Å². The standard InChI is InChI=1S/C13H32N2O2Si/c1-7-14(2)10-8-11-15(3)12-9-13-18(6,16-4)17-5/h7-13H2,1-6H3. The molecule has 0 heterocycles. The largest absolute Gasteiger partial charge is 0.398 e. The highest BCUT2D eigenvalue weighted by atomic mass is 28.4. The second-order valence-electron chi connectivity index (χ2n) is 5.20. The summed E-state index contributed by atoms with van der Waals surface area (Å²) >= 11 is 0. The van der Waals surface area contributed by atoms with Gasteiger partial charge >= 0.3 is 8.56 Å². The normalized spacial score (nSPS) is 12.7. The van der Waals surface area contributed by atoms with E-state index < -0.39 is 8.56 Å². The molecule has 5 heteroatoms. The lowest BCUT2D eigenvalue weighted by Gasteiger charge is -2.24. The Morgan fingerprint density at radius 2 is 1.39 bits per heavy atom. The van der Waals surface area contributed by atoms with Crippen molar-refractivity contribution in [2.24, 2.45) is 0 Å². The molecule has 0 aromatic rings. The summed E-state index contributed by atoms with van der Waals surface area (Å²) in [6.07, 6.45) is 2.40. The summed E-state index contributed by atoms with van der Waals surface area (Å²) in [5.74, 6) is 0. The second-order valence-corrected chi connectivity index (χ2v) is 8.78. The van der Waals surface area contributed by atoms with E-state index in [0.717, 1.165) is 25.6 Å². The second kappa shape index (κ2) is 9.92. The Hall–Kier alpha value is 0.0569. The summed E-state index contributed by atoms with van der Waals surface area (Å²) < 4.78 is 11.0. The summed E-state index contributed by atoms with van der Waals surface area (Å²) in [5, 5.41) is 0. The van der Waals surface area contributed by atoms with Gasteiger partial charge in [0.25, 0.3) is 0 Å². The van der Waals surface area contributed by atoms with Crippen molar-refractivity contribution in [1.29, 1.82) is 0 Å². The molecule has 0 bridgehead atoms. The summed E-state index contributed by atoms with van der Waals surface area (Å²) in [6, 6.07) is 1.07. The topological polar surface area (TPSA) is 24.9 Å². The van der Waals surface area contributed by atoms with Crippen molar-refractivity contribution < 1.29 is 8.85 Å². The number of hydrogen-bond donors (Lipinski definition) is 0. The molecule has 0 unspecified atom stereocenters. The van der Waals surface area contributed by atoms with Crippen molar-refractivity contribution >= 4 is 8.56 Å². The molecule has 0 aliphatic carbocycles. The number of hydrogen-bond acceptors (Lipinski definition) is 4. The van der Waals surface area contributed by atoms with Crippen molar-refractivity contribution in [3.63, 3.8) is 0 Å². The van der Waals surface area contributed by atoms with Gasteiger partial charge in [-0.2, -0.15) is 0 Å². The zero-order valence-electron chi connectivity index (χ0n) is 13.2. The van der Waals surface area contributed by atoms with Crippen LogP contribution in [0.3, 0.4) is 0 Å². The molecule has 0 rings (SSSR count). The fourth-order valence-corrected chi connectivity index (χ4v) is 3.21. The third-order valence-corrected chi connectivity index (χ3v) is 6.64. The first kappa shape index (κ1) is 18.1. The summed E-state index contributed by atoms with van der Waals surface area (Å²) in [5.41, 5.74) is 0. The van der Waals surface area contributed by atoms with Crippen molar-refractivity contribution in [2.45, 2.75) is 32.4 Å². The monoisotopic (exact) mass is 276 g/mol. The van der Waals surface area contributed by atoms with Gasteiger partial charge in [-0.1, -0.05) is 6.92 Å². The SMILES string of the molecule is CCN(C)CCCN(C)CCC[Si](C)(OC)OC. The number of rotatable bonds is 11. The molecule has 0 aliphatic rings. The van der Waals surface area contributed by atoms with Gasteiger partial charge < -0.3 is 18.7 Å². The van der Waals surface area contributed by atoms with Crippen molar-refractivity contribution in [1.82, 2.24) is 9.80 Å². The molecule has 110 valence electrons. The Balaban J connectivity index is 3.61. The van der Waals surface area contributed by atoms with Gasteiger partial charge in [-0.3, -0.25) is 0 Å². The Morgan fingerprint density at radius 3 is 1.89 bits per heavy atom. The van der Waals surface area contributed by atoms with Crippen LogP contribution in [0.2, 0.25) is 12.6 Å². The van der Waals surface area contributed by atoms with Gasteiger partial charge in [-0.15, -0.1) is 0 Å². The maximum atomic E-state index is 5.49. The molecule has 0 aliphatic heterocycles. The van der Waals surface area contributed by atoms with Crippen LogP contribution >= 0.6 is 0 Å². The smallest absolute Gasteiger partial charge is 0.334 e. The molecule has 0 aromatic heterocycles. The fourth-order valence-electron chi connectivity index (χ4n) is 1.84. The van der Waals surface area contributed by atoms with Crippen LogP contribution < -0.4 is 0 Å². The average molecular weight is 276 g/mol. The molecule has 4 nitrogen and oxygen atoms in total. The highest BCUT2D eigenvalue weighted by Gasteiger charge is 2.27.